The van der Waals surface area contributed by atoms with Gasteiger partial charge in [0, 0.05) is 11.4 Å². The van der Waals surface area contributed by atoms with Gasteiger partial charge < -0.3 is 15.2 Å². The van der Waals surface area contributed by atoms with E-state index in [0.29, 0.717) is 24.4 Å². The Morgan fingerprint density at radius 1 is 1.14 bits per heavy atom. The molecule has 2 atom stereocenters. The van der Waals surface area contributed by atoms with Crippen LogP contribution in [0.5, 0.6) is 0 Å². The average molecular weight is 294 g/mol. The Morgan fingerprint density at radius 3 is 2.10 bits per heavy atom. The molecule has 21 heavy (non-hydrogen) atoms. The smallest absolute Gasteiger partial charge is 0.411 e. The maximum Gasteiger partial charge on any atom is 0.411 e. The second kappa shape index (κ2) is 8.26. The summed E-state index contributed by atoms with van der Waals surface area (Å²) < 4.78 is 4.77. The molecule has 0 spiro atoms. The first-order valence-corrected chi connectivity index (χ1v) is 7.00. The minimum Gasteiger partial charge on any atom is -0.450 e. The van der Waals surface area contributed by atoms with Gasteiger partial charge >= 0.3 is 6.09 Å². The molecule has 0 saturated heterocycles. The van der Waals surface area contributed by atoms with Crippen molar-refractivity contribution < 1.29 is 19.4 Å². The first kappa shape index (κ1) is 17.0. The van der Waals surface area contributed by atoms with Crippen molar-refractivity contribution >= 4 is 23.4 Å². The highest BCUT2D eigenvalue weighted by molar-refractivity contribution is 5.93. The van der Waals surface area contributed by atoms with E-state index in [4.69, 9.17) is 4.74 Å². The molecule has 0 aliphatic heterocycles. The minimum atomic E-state index is -0.695. The van der Waals surface area contributed by atoms with Crippen molar-refractivity contribution in [3.63, 3.8) is 0 Å². The third-order valence-corrected chi connectivity index (χ3v) is 3.03. The molecule has 6 heteroatoms. The van der Waals surface area contributed by atoms with Crippen LogP contribution in [0.15, 0.2) is 24.3 Å². The Hall–Kier alpha value is -2.08. The quantitative estimate of drug-likeness (QED) is 0.752. The molecule has 0 radical (unpaired) electrons. The predicted octanol–water partition coefficient (Wildman–Crippen LogP) is 2.60. The van der Waals surface area contributed by atoms with Crippen LogP contribution in [-0.2, 0) is 9.53 Å². The molecule has 1 aromatic rings. The molecule has 3 N–H and O–H groups in total. The topological polar surface area (TPSA) is 87.7 Å². The molecule has 0 bridgehead atoms. The predicted molar refractivity (Wildman–Crippen MR) is 81.2 cm³/mol. The van der Waals surface area contributed by atoms with Gasteiger partial charge in [-0.2, -0.15) is 0 Å². The van der Waals surface area contributed by atoms with Crippen molar-refractivity contribution in [2.45, 2.75) is 33.3 Å². The number of hydrogen-bond acceptors (Lipinski definition) is 4. The highest BCUT2D eigenvalue weighted by Crippen LogP contribution is 2.16. The van der Waals surface area contributed by atoms with Crippen LogP contribution in [0, 0.1) is 5.92 Å². The number of carbonyl (C=O) groups is 2. The van der Waals surface area contributed by atoms with E-state index >= 15 is 0 Å². The Bertz CT molecular complexity index is 471. The lowest BCUT2D eigenvalue weighted by Gasteiger charge is -2.17. The molecule has 1 aromatic carbocycles. The second-order valence-electron chi connectivity index (χ2n) is 4.67. The van der Waals surface area contributed by atoms with Crippen LogP contribution < -0.4 is 10.6 Å². The monoisotopic (exact) mass is 294 g/mol. The molecule has 6 nitrogen and oxygen atoms in total. The number of ether oxygens (including phenoxy) is 1. The van der Waals surface area contributed by atoms with E-state index in [2.05, 4.69) is 10.6 Å². The summed E-state index contributed by atoms with van der Waals surface area (Å²) in [6.45, 7) is 5.48. The fourth-order valence-corrected chi connectivity index (χ4v) is 1.90. The van der Waals surface area contributed by atoms with E-state index in [1.807, 2.05) is 6.92 Å². The van der Waals surface area contributed by atoms with E-state index in [1.165, 1.54) is 0 Å². The molecule has 1 rings (SSSR count). The number of aliphatic hydroxyl groups is 1. The number of carbonyl (C=O) groups excluding carboxylic acids is 2. The van der Waals surface area contributed by atoms with Crippen molar-refractivity contribution in [3.8, 4) is 0 Å². The summed E-state index contributed by atoms with van der Waals surface area (Å²) in [5.74, 6) is -0.666. The average Bonchev–Trinajstić information content (AvgIpc) is 2.41. The molecule has 0 saturated carbocycles. The highest BCUT2D eigenvalue weighted by atomic mass is 16.5. The first-order valence-electron chi connectivity index (χ1n) is 7.00. The highest BCUT2D eigenvalue weighted by Gasteiger charge is 2.21. The fourth-order valence-electron chi connectivity index (χ4n) is 1.90. The first-order chi connectivity index (χ1) is 9.97. The third-order valence-electron chi connectivity index (χ3n) is 3.03. The zero-order valence-corrected chi connectivity index (χ0v) is 12.6. The summed E-state index contributed by atoms with van der Waals surface area (Å²) in [4.78, 5) is 23.2. The lowest BCUT2D eigenvalue weighted by molar-refractivity contribution is -0.123. The normalized spacial score (nSPS) is 13.1. The zero-order valence-electron chi connectivity index (χ0n) is 12.6. The van der Waals surface area contributed by atoms with Gasteiger partial charge in [-0.05, 0) is 44.5 Å². The lowest BCUT2D eigenvalue weighted by Crippen LogP contribution is -2.30. The molecule has 0 aromatic heterocycles. The Kier molecular flexibility index (Phi) is 6.68. The molecular formula is C15H22N2O4. The van der Waals surface area contributed by atoms with Gasteiger partial charge in [-0.1, -0.05) is 6.92 Å². The van der Waals surface area contributed by atoms with Crippen LogP contribution >= 0.6 is 0 Å². The van der Waals surface area contributed by atoms with Crippen LogP contribution in [0.1, 0.15) is 27.2 Å². The Labute approximate surface area is 124 Å². The molecule has 0 heterocycles. The van der Waals surface area contributed by atoms with Gasteiger partial charge in [0.05, 0.1) is 18.6 Å². The van der Waals surface area contributed by atoms with E-state index in [1.54, 1.807) is 38.1 Å². The summed E-state index contributed by atoms with van der Waals surface area (Å²) in [5.41, 5.74) is 1.18. The Balaban J connectivity index is 2.62. The van der Waals surface area contributed by atoms with Crippen LogP contribution in [-0.4, -0.2) is 29.8 Å². The van der Waals surface area contributed by atoms with Gasteiger partial charge in [0.15, 0.2) is 0 Å². The van der Waals surface area contributed by atoms with E-state index in [-0.39, 0.29) is 5.91 Å². The van der Waals surface area contributed by atoms with Gasteiger partial charge in [-0.25, -0.2) is 4.79 Å². The van der Waals surface area contributed by atoms with E-state index in [0.717, 1.165) is 0 Å². The van der Waals surface area contributed by atoms with Gasteiger partial charge in [0.25, 0.3) is 0 Å². The molecule has 0 unspecified atom stereocenters. The van der Waals surface area contributed by atoms with Crippen molar-refractivity contribution in [1.29, 1.82) is 0 Å². The van der Waals surface area contributed by atoms with Crippen molar-refractivity contribution in [2.24, 2.45) is 5.92 Å². The molecule has 0 aliphatic rings. The van der Waals surface area contributed by atoms with Crippen molar-refractivity contribution in [1.82, 2.24) is 0 Å². The summed E-state index contributed by atoms with van der Waals surface area (Å²) in [7, 11) is 0. The van der Waals surface area contributed by atoms with Crippen LogP contribution in [0.4, 0.5) is 16.2 Å². The number of aliphatic hydroxyl groups excluding tert-OH is 1. The number of hydrogen-bond donors (Lipinski definition) is 3. The van der Waals surface area contributed by atoms with Crippen molar-refractivity contribution in [3.05, 3.63) is 24.3 Å². The number of benzene rings is 1. The van der Waals surface area contributed by atoms with E-state index in [9.17, 15) is 14.7 Å². The molecular weight excluding hydrogens is 272 g/mol. The molecule has 0 aliphatic carbocycles. The van der Waals surface area contributed by atoms with Gasteiger partial charge in [0.1, 0.15) is 0 Å². The van der Waals surface area contributed by atoms with E-state index < -0.39 is 18.1 Å². The van der Waals surface area contributed by atoms with Crippen LogP contribution in [0.3, 0.4) is 0 Å². The number of nitrogens with one attached hydrogen (secondary N) is 2. The zero-order chi connectivity index (χ0) is 15.8. The largest absolute Gasteiger partial charge is 0.450 e. The number of amides is 2. The second-order valence-corrected chi connectivity index (χ2v) is 4.67. The minimum absolute atomic E-state index is 0.224. The maximum absolute atomic E-state index is 12.0. The SMILES string of the molecule is CCOC(=O)Nc1ccc(NC(=O)[C@@H](CC)[C@@H](C)O)cc1. The van der Waals surface area contributed by atoms with Crippen LogP contribution in [0.25, 0.3) is 0 Å². The molecule has 2 amide bonds. The van der Waals surface area contributed by atoms with Gasteiger partial charge in [0.2, 0.25) is 5.91 Å². The summed E-state index contributed by atoms with van der Waals surface area (Å²) in [5, 5.41) is 14.8. The summed E-state index contributed by atoms with van der Waals surface area (Å²) in [6, 6.07) is 6.67. The third kappa shape index (κ3) is 5.43. The number of rotatable bonds is 6. The summed E-state index contributed by atoms with van der Waals surface area (Å²) in [6.07, 6.45) is -0.652. The maximum atomic E-state index is 12.0. The lowest BCUT2D eigenvalue weighted by atomic mass is 10.00. The standard InChI is InChI=1S/C15H22N2O4/c1-4-13(10(3)18)14(19)16-11-6-8-12(9-7-11)17-15(20)21-5-2/h6-10,13,18H,4-5H2,1-3H3,(H,16,19)(H,17,20)/t10-,13+/m1/s1. The fraction of sp³-hybridized carbons (Fsp3) is 0.467. The molecule has 0 fully saturated rings. The number of anilines is 2. The Morgan fingerprint density at radius 2 is 1.67 bits per heavy atom. The van der Waals surface area contributed by atoms with Crippen LogP contribution in [0.2, 0.25) is 0 Å². The van der Waals surface area contributed by atoms with Gasteiger partial charge in [-0.15, -0.1) is 0 Å². The van der Waals surface area contributed by atoms with Crippen molar-refractivity contribution in [2.75, 3.05) is 17.2 Å². The molecule has 116 valence electrons. The summed E-state index contributed by atoms with van der Waals surface area (Å²) >= 11 is 0. The van der Waals surface area contributed by atoms with Gasteiger partial charge in [-0.3, -0.25) is 10.1 Å².